The van der Waals surface area contributed by atoms with Gasteiger partial charge < -0.3 is 20.8 Å². The van der Waals surface area contributed by atoms with Crippen LogP contribution in [0.4, 0.5) is 0 Å². The van der Waals surface area contributed by atoms with Crippen LogP contribution in [0.3, 0.4) is 0 Å². The van der Waals surface area contributed by atoms with Crippen molar-refractivity contribution in [1.29, 1.82) is 0 Å². The lowest BCUT2D eigenvalue weighted by atomic mass is 9.98. The Morgan fingerprint density at radius 1 is 1.09 bits per heavy atom. The molecular formula is C26H30N2O4. The Morgan fingerprint density at radius 3 is 2.25 bits per heavy atom. The topological polar surface area (TPSA) is 98.7 Å². The summed E-state index contributed by atoms with van der Waals surface area (Å²) in [5.74, 6) is 5.87. The third kappa shape index (κ3) is 6.76. The maximum absolute atomic E-state index is 12.3. The molecule has 32 heavy (non-hydrogen) atoms. The lowest BCUT2D eigenvalue weighted by Gasteiger charge is -2.19. The number of hydrogen-bond acceptors (Lipinski definition) is 5. The Balaban J connectivity index is 1.56. The quantitative estimate of drug-likeness (QED) is 0.474. The van der Waals surface area contributed by atoms with Crippen LogP contribution in [0.15, 0.2) is 48.5 Å². The molecular weight excluding hydrogens is 404 g/mol. The van der Waals surface area contributed by atoms with Gasteiger partial charge >= 0.3 is 0 Å². The zero-order valence-corrected chi connectivity index (χ0v) is 18.3. The average Bonchev–Trinajstić information content (AvgIpc) is 3.34. The van der Waals surface area contributed by atoms with Crippen molar-refractivity contribution in [2.45, 2.75) is 38.3 Å². The second kappa shape index (κ2) is 11.6. The molecule has 0 aliphatic carbocycles. The second-order valence-corrected chi connectivity index (χ2v) is 8.24. The van der Waals surface area contributed by atoms with Crippen LogP contribution in [0, 0.1) is 17.8 Å². The van der Waals surface area contributed by atoms with Gasteiger partial charge in [-0.3, -0.25) is 9.59 Å². The molecule has 0 radical (unpaired) electrons. The fourth-order valence-electron chi connectivity index (χ4n) is 3.73. The summed E-state index contributed by atoms with van der Waals surface area (Å²) in [6, 6.07) is 13.9. The van der Waals surface area contributed by atoms with Gasteiger partial charge in [0.15, 0.2) is 5.78 Å². The molecule has 2 aromatic carbocycles. The summed E-state index contributed by atoms with van der Waals surface area (Å²) in [4.78, 5) is 24.0. The molecule has 2 aromatic rings. The molecule has 6 nitrogen and oxygen atoms in total. The maximum Gasteiger partial charge on any atom is 0.251 e. The average molecular weight is 435 g/mol. The fraction of sp³-hybridized carbons (Fsp3) is 0.385. The highest BCUT2D eigenvalue weighted by Crippen LogP contribution is 2.16. The maximum atomic E-state index is 12.3. The molecule has 6 heteroatoms. The summed E-state index contributed by atoms with van der Waals surface area (Å²) in [7, 11) is 0. The number of benzene rings is 2. The number of aliphatic hydroxyl groups is 2. The van der Waals surface area contributed by atoms with Gasteiger partial charge in [0.2, 0.25) is 0 Å². The first kappa shape index (κ1) is 23.7. The second-order valence-electron chi connectivity index (χ2n) is 8.24. The van der Waals surface area contributed by atoms with Gasteiger partial charge in [-0.2, -0.15) is 0 Å². The summed E-state index contributed by atoms with van der Waals surface area (Å²) < 4.78 is 0. The van der Waals surface area contributed by atoms with Gasteiger partial charge in [0.1, 0.15) is 12.6 Å². The van der Waals surface area contributed by atoms with E-state index in [9.17, 15) is 14.7 Å². The molecule has 1 saturated heterocycles. The minimum Gasteiger partial charge on any atom is -0.391 e. The van der Waals surface area contributed by atoms with Crippen LogP contribution in [-0.2, 0) is 11.2 Å². The van der Waals surface area contributed by atoms with E-state index in [2.05, 4.69) is 34.6 Å². The van der Waals surface area contributed by atoms with Gasteiger partial charge in [0.05, 0.1) is 6.10 Å². The molecule has 1 aliphatic heterocycles. The Morgan fingerprint density at radius 2 is 1.72 bits per heavy atom. The highest BCUT2D eigenvalue weighted by atomic mass is 16.3. The highest BCUT2D eigenvalue weighted by Gasteiger charge is 2.25. The molecule has 1 unspecified atom stereocenters. The first-order chi connectivity index (χ1) is 15.5. The Labute approximate surface area is 189 Å². The number of carbonyl (C=O) groups excluding carboxylic acids is 2. The molecule has 1 fully saturated rings. The standard InChI is InChI=1S/C26H30N2O4/c1-18(30)25(24(31)17-29)28-26(32)23-12-10-21(11-13-23)7-6-19-2-4-20(5-3-19)8-9-22-14-15-27-16-22/h2-5,10-13,18,22,25,27,29-30H,8-9,14-17H2,1H3,(H,28,32)/t18-,22?,25+/m1/s1. The third-order valence-corrected chi connectivity index (χ3v) is 5.73. The minimum atomic E-state index is -1.15. The third-order valence-electron chi connectivity index (χ3n) is 5.73. The lowest BCUT2D eigenvalue weighted by Crippen LogP contribution is -2.48. The monoisotopic (exact) mass is 434 g/mol. The largest absolute Gasteiger partial charge is 0.391 e. The van der Waals surface area contributed by atoms with E-state index in [-0.39, 0.29) is 0 Å². The van der Waals surface area contributed by atoms with Crippen molar-refractivity contribution in [1.82, 2.24) is 10.6 Å². The number of rotatable bonds is 8. The van der Waals surface area contributed by atoms with Crippen LogP contribution in [-0.4, -0.2) is 53.7 Å². The normalized spacial score (nSPS) is 17.2. The van der Waals surface area contributed by atoms with E-state index < -0.39 is 30.4 Å². The Hall–Kier alpha value is -2.98. The van der Waals surface area contributed by atoms with E-state index in [4.69, 9.17) is 5.11 Å². The zero-order chi connectivity index (χ0) is 22.9. The smallest absolute Gasteiger partial charge is 0.251 e. The van der Waals surface area contributed by atoms with Crippen LogP contribution >= 0.6 is 0 Å². The number of carbonyl (C=O) groups is 2. The molecule has 1 heterocycles. The van der Waals surface area contributed by atoms with Gasteiger partial charge in [0.25, 0.3) is 5.91 Å². The van der Waals surface area contributed by atoms with Crippen LogP contribution in [0.2, 0.25) is 0 Å². The van der Waals surface area contributed by atoms with E-state index in [0.29, 0.717) is 5.56 Å². The van der Waals surface area contributed by atoms with Crippen molar-refractivity contribution in [3.8, 4) is 11.8 Å². The summed E-state index contributed by atoms with van der Waals surface area (Å²) in [6.45, 7) is 2.91. The van der Waals surface area contributed by atoms with E-state index in [0.717, 1.165) is 36.6 Å². The molecule has 168 valence electrons. The number of Topliss-reactive ketones (excluding diaryl/α,β-unsaturated/α-hetero) is 1. The van der Waals surface area contributed by atoms with Crippen LogP contribution < -0.4 is 10.6 Å². The van der Waals surface area contributed by atoms with E-state index in [1.165, 1.54) is 25.3 Å². The molecule has 3 atom stereocenters. The molecule has 1 amide bonds. The molecule has 3 rings (SSSR count). The zero-order valence-electron chi connectivity index (χ0n) is 18.3. The van der Waals surface area contributed by atoms with Crippen molar-refractivity contribution in [2.75, 3.05) is 19.7 Å². The number of amides is 1. The van der Waals surface area contributed by atoms with E-state index >= 15 is 0 Å². The fourth-order valence-corrected chi connectivity index (χ4v) is 3.73. The van der Waals surface area contributed by atoms with Crippen molar-refractivity contribution in [3.63, 3.8) is 0 Å². The first-order valence-electron chi connectivity index (χ1n) is 11.0. The molecule has 0 saturated carbocycles. The molecule has 0 spiro atoms. The molecule has 1 aliphatic rings. The SMILES string of the molecule is C[C@@H](O)[C@H](NC(=O)c1ccc(C#Cc2ccc(CCC3CCNC3)cc2)cc1)C(=O)CO. The summed E-state index contributed by atoms with van der Waals surface area (Å²) in [6.07, 6.45) is 2.47. The number of aryl methyl sites for hydroxylation is 1. The summed E-state index contributed by atoms with van der Waals surface area (Å²) in [5, 5.41) is 24.5. The summed E-state index contributed by atoms with van der Waals surface area (Å²) in [5.41, 5.74) is 3.36. The lowest BCUT2D eigenvalue weighted by molar-refractivity contribution is -0.125. The number of nitrogens with one attached hydrogen (secondary N) is 2. The Kier molecular flexibility index (Phi) is 8.57. The number of ketones is 1. The van der Waals surface area contributed by atoms with Crippen LogP contribution in [0.1, 0.15) is 46.8 Å². The predicted molar refractivity (Wildman–Crippen MR) is 123 cm³/mol. The van der Waals surface area contributed by atoms with Gasteiger partial charge in [-0.15, -0.1) is 0 Å². The van der Waals surface area contributed by atoms with Gasteiger partial charge in [0, 0.05) is 16.7 Å². The predicted octanol–water partition coefficient (Wildman–Crippen LogP) is 1.67. The van der Waals surface area contributed by atoms with Crippen LogP contribution in [0.25, 0.3) is 0 Å². The minimum absolute atomic E-state index is 0.341. The number of aliphatic hydroxyl groups excluding tert-OH is 2. The molecule has 4 N–H and O–H groups in total. The van der Waals surface area contributed by atoms with Crippen LogP contribution in [0.5, 0.6) is 0 Å². The highest BCUT2D eigenvalue weighted by molar-refractivity contribution is 5.98. The van der Waals surface area contributed by atoms with Gasteiger partial charge in [-0.05, 0) is 87.2 Å². The van der Waals surface area contributed by atoms with Crippen molar-refractivity contribution < 1.29 is 19.8 Å². The van der Waals surface area contributed by atoms with Gasteiger partial charge in [-0.25, -0.2) is 0 Å². The Bertz CT molecular complexity index is 966. The molecule has 0 aromatic heterocycles. The van der Waals surface area contributed by atoms with Crippen molar-refractivity contribution in [3.05, 3.63) is 70.8 Å². The number of hydrogen-bond donors (Lipinski definition) is 4. The molecule has 0 bridgehead atoms. The van der Waals surface area contributed by atoms with Crippen molar-refractivity contribution in [2.24, 2.45) is 5.92 Å². The van der Waals surface area contributed by atoms with E-state index in [1.54, 1.807) is 24.3 Å². The van der Waals surface area contributed by atoms with Gasteiger partial charge in [-0.1, -0.05) is 24.0 Å². The van der Waals surface area contributed by atoms with Crippen molar-refractivity contribution >= 4 is 11.7 Å². The first-order valence-corrected chi connectivity index (χ1v) is 11.0. The summed E-state index contributed by atoms with van der Waals surface area (Å²) >= 11 is 0. The van der Waals surface area contributed by atoms with E-state index in [1.807, 2.05) is 12.1 Å².